The van der Waals surface area contributed by atoms with Crippen LogP contribution in [0, 0.1) is 10.8 Å². The van der Waals surface area contributed by atoms with Crippen LogP contribution in [0.2, 0.25) is 5.02 Å². The molecule has 1 aliphatic heterocycles. The summed E-state index contributed by atoms with van der Waals surface area (Å²) in [5.74, 6) is -0.753. The van der Waals surface area contributed by atoms with Crippen molar-refractivity contribution in [2.45, 2.75) is 71.5 Å². The molecule has 0 unspecified atom stereocenters. The van der Waals surface area contributed by atoms with Gasteiger partial charge in [-0.1, -0.05) is 81.0 Å². The van der Waals surface area contributed by atoms with E-state index >= 15 is 0 Å². The third-order valence-corrected chi connectivity index (χ3v) is 9.82. The summed E-state index contributed by atoms with van der Waals surface area (Å²) in [6.07, 6.45) is 5.13. The number of hydrogen-bond donors (Lipinski definition) is 1. The highest BCUT2D eigenvalue weighted by atomic mass is 35.5. The number of alkyl halides is 2. The SMILES string of the molecule is CC(C)(C)C[C@]1(c2ccc(-c3cnn(C(F)F)c3)cc2)N=C(N)N([C@H](COC(=O)CC2(C)CC2)c2ccc(Cl)c(-c3nncs3)c2)C1=O. The van der Waals surface area contributed by atoms with Gasteiger partial charge in [-0.25, -0.2) is 9.67 Å². The van der Waals surface area contributed by atoms with Crippen LogP contribution in [0.3, 0.4) is 0 Å². The predicted molar refractivity (Wildman–Crippen MR) is 179 cm³/mol. The minimum absolute atomic E-state index is 0.0193. The maximum atomic E-state index is 14.9. The number of halogens is 3. The molecule has 0 spiro atoms. The number of nitrogens with two attached hydrogens (primary N) is 1. The average molecular weight is 696 g/mol. The zero-order valence-corrected chi connectivity index (χ0v) is 28.6. The molecule has 2 N–H and O–H groups in total. The van der Waals surface area contributed by atoms with Gasteiger partial charge in [-0.2, -0.15) is 13.9 Å². The van der Waals surface area contributed by atoms with Gasteiger partial charge < -0.3 is 10.5 Å². The summed E-state index contributed by atoms with van der Waals surface area (Å²) >= 11 is 7.89. The fourth-order valence-corrected chi connectivity index (χ4v) is 6.94. The van der Waals surface area contributed by atoms with Crippen molar-refractivity contribution in [2.75, 3.05) is 6.61 Å². The van der Waals surface area contributed by atoms with Crippen molar-refractivity contribution < 1.29 is 23.1 Å². The van der Waals surface area contributed by atoms with Crippen molar-refractivity contribution in [1.29, 1.82) is 0 Å². The van der Waals surface area contributed by atoms with E-state index in [9.17, 15) is 18.4 Å². The van der Waals surface area contributed by atoms with Crippen molar-refractivity contribution in [3.63, 3.8) is 0 Å². The number of guanidine groups is 1. The number of ether oxygens (including phenoxy) is 1. The van der Waals surface area contributed by atoms with Gasteiger partial charge in [0.1, 0.15) is 17.1 Å². The van der Waals surface area contributed by atoms with Gasteiger partial charge in [0.15, 0.2) is 11.5 Å². The third kappa shape index (κ3) is 6.84. The van der Waals surface area contributed by atoms with Crippen LogP contribution >= 0.6 is 22.9 Å². The van der Waals surface area contributed by atoms with Crippen molar-refractivity contribution >= 4 is 40.8 Å². The zero-order valence-electron chi connectivity index (χ0n) is 27.0. The number of carbonyl (C=O) groups is 2. The summed E-state index contributed by atoms with van der Waals surface area (Å²) in [6, 6.07) is 11.5. The summed E-state index contributed by atoms with van der Waals surface area (Å²) in [4.78, 5) is 34.1. The molecule has 1 saturated carbocycles. The largest absolute Gasteiger partial charge is 0.463 e. The molecule has 1 aliphatic carbocycles. The standard InChI is InChI=1S/C34H36ClF2N7O3S/c1-32(2,3)18-34(23-8-5-20(6-9-23)22-15-40-43(16-22)30(36)37)29(46)44(31(38)41-34)26(17-47-27(45)14-33(4)11-12-33)21-7-10-25(35)24(13-21)28-42-39-19-48-28/h5-10,13,15-16,19,26,30H,11-12,14,17-18H2,1-4H3,(H2,38,41)/t26-,34-/m1/s1. The van der Waals surface area contributed by atoms with Crippen LogP contribution in [0.15, 0.2) is 65.4 Å². The number of nitrogens with zero attached hydrogens (tertiary/aromatic N) is 6. The minimum atomic E-state index is -2.76. The van der Waals surface area contributed by atoms with Crippen LogP contribution < -0.4 is 5.73 Å². The number of hydrogen-bond acceptors (Lipinski definition) is 9. The van der Waals surface area contributed by atoms with Gasteiger partial charge in [-0.15, -0.1) is 10.2 Å². The second-order valence-corrected chi connectivity index (χ2v) is 15.2. The van der Waals surface area contributed by atoms with E-state index in [4.69, 9.17) is 27.1 Å². The van der Waals surface area contributed by atoms with E-state index in [0.717, 1.165) is 12.8 Å². The van der Waals surface area contributed by atoms with Gasteiger partial charge in [-0.05, 0) is 58.9 Å². The van der Waals surface area contributed by atoms with E-state index in [1.807, 2.05) is 33.8 Å². The van der Waals surface area contributed by atoms with E-state index in [0.29, 0.717) is 49.0 Å². The Morgan fingerprint density at radius 3 is 2.48 bits per heavy atom. The first-order valence-electron chi connectivity index (χ1n) is 15.5. The summed E-state index contributed by atoms with van der Waals surface area (Å²) in [6.45, 7) is 5.15. The second kappa shape index (κ2) is 12.7. The summed E-state index contributed by atoms with van der Waals surface area (Å²) in [5.41, 5.74) is 9.39. The van der Waals surface area contributed by atoms with Gasteiger partial charge in [0.2, 0.25) is 0 Å². The number of esters is 1. The lowest BCUT2D eigenvalue weighted by Crippen LogP contribution is -2.47. The van der Waals surface area contributed by atoms with Gasteiger partial charge in [-0.3, -0.25) is 14.5 Å². The second-order valence-electron chi connectivity index (χ2n) is 14.0. The summed E-state index contributed by atoms with van der Waals surface area (Å²) < 4.78 is 32.7. The first kappa shape index (κ1) is 33.7. The van der Waals surface area contributed by atoms with Gasteiger partial charge in [0.25, 0.3) is 5.91 Å². The highest BCUT2D eigenvalue weighted by Crippen LogP contribution is 2.49. The monoisotopic (exact) mass is 695 g/mol. The molecule has 252 valence electrons. The molecular formula is C34H36ClF2N7O3S. The first-order valence-corrected chi connectivity index (χ1v) is 16.8. The topological polar surface area (TPSA) is 129 Å². The number of benzene rings is 2. The summed E-state index contributed by atoms with van der Waals surface area (Å²) in [7, 11) is 0. The maximum absolute atomic E-state index is 14.9. The minimum Gasteiger partial charge on any atom is -0.463 e. The molecule has 6 rings (SSSR count). The van der Waals surface area contributed by atoms with Crippen molar-refractivity contribution in [3.8, 4) is 21.7 Å². The molecule has 0 radical (unpaired) electrons. The van der Waals surface area contributed by atoms with Gasteiger partial charge in [0, 0.05) is 17.3 Å². The number of aromatic nitrogens is 4. The fraction of sp³-hybridized carbons (Fsp3) is 0.412. The molecule has 10 nitrogen and oxygen atoms in total. The Morgan fingerprint density at radius 2 is 1.88 bits per heavy atom. The molecule has 2 aromatic heterocycles. The number of carbonyl (C=O) groups excluding carboxylic acids is 2. The molecule has 1 fully saturated rings. The van der Waals surface area contributed by atoms with Crippen molar-refractivity contribution in [3.05, 3.63) is 76.5 Å². The molecule has 0 bridgehead atoms. The highest BCUT2D eigenvalue weighted by molar-refractivity contribution is 7.12. The molecule has 48 heavy (non-hydrogen) atoms. The van der Waals surface area contributed by atoms with Crippen LogP contribution in [0.5, 0.6) is 0 Å². The lowest BCUT2D eigenvalue weighted by molar-refractivity contribution is -0.148. The molecule has 0 saturated heterocycles. The number of rotatable bonds is 11. The molecule has 2 aliphatic rings. The average Bonchev–Trinajstić information content (AvgIpc) is 3.42. The molecule has 4 aromatic rings. The molecule has 3 heterocycles. The number of aliphatic imine (C=N–C) groups is 1. The van der Waals surface area contributed by atoms with Crippen LogP contribution in [-0.2, 0) is 19.9 Å². The number of amides is 1. The van der Waals surface area contributed by atoms with E-state index in [1.165, 1.54) is 28.6 Å². The van der Waals surface area contributed by atoms with Crippen LogP contribution in [0.4, 0.5) is 8.78 Å². The lowest BCUT2D eigenvalue weighted by Gasteiger charge is -2.35. The van der Waals surface area contributed by atoms with Gasteiger partial charge in [0.05, 0.1) is 23.7 Å². The van der Waals surface area contributed by atoms with E-state index in [2.05, 4.69) is 15.3 Å². The smallest absolute Gasteiger partial charge is 0.333 e. The normalized spacial score (nSPS) is 19.5. The van der Waals surface area contributed by atoms with Crippen LogP contribution in [-0.4, -0.2) is 49.3 Å². The van der Waals surface area contributed by atoms with Crippen LogP contribution in [0.25, 0.3) is 21.7 Å². The molecule has 14 heteroatoms. The Hall–Kier alpha value is -4.23. The maximum Gasteiger partial charge on any atom is 0.333 e. The van der Waals surface area contributed by atoms with E-state index < -0.39 is 18.1 Å². The molecule has 2 atom stereocenters. The molecule has 1 amide bonds. The third-order valence-electron chi connectivity index (χ3n) is 8.76. The zero-order chi connectivity index (χ0) is 34.4. The Morgan fingerprint density at radius 1 is 1.15 bits per heavy atom. The fourth-order valence-electron chi connectivity index (χ4n) is 6.09. The molecular weight excluding hydrogens is 660 g/mol. The Bertz CT molecular complexity index is 1850. The Kier molecular flexibility index (Phi) is 8.88. The first-order chi connectivity index (χ1) is 22.7. The Balaban J connectivity index is 1.38. The van der Waals surface area contributed by atoms with Crippen molar-refractivity contribution in [2.24, 2.45) is 21.6 Å². The van der Waals surface area contributed by atoms with Crippen LogP contribution in [0.1, 0.15) is 77.1 Å². The van der Waals surface area contributed by atoms with Gasteiger partial charge >= 0.3 is 12.5 Å². The lowest BCUT2D eigenvalue weighted by atomic mass is 9.75. The highest BCUT2D eigenvalue weighted by Gasteiger charge is 2.53. The quantitative estimate of drug-likeness (QED) is 0.162. The Labute approximate surface area is 286 Å². The summed E-state index contributed by atoms with van der Waals surface area (Å²) in [5, 5.41) is 12.9. The van der Waals surface area contributed by atoms with E-state index in [1.54, 1.807) is 41.9 Å². The van der Waals surface area contributed by atoms with E-state index in [-0.39, 0.29) is 41.7 Å². The predicted octanol–water partition coefficient (Wildman–Crippen LogP) is 7.38. The van der Waals surface area contributed by atoms with Crippen molar-refractivity contribution in [1.82, 2.24) is 24.9 Å². The molecule has 2 aromatic carbocycles.